The fourth-order valence-electron chi connectivity index (χ4n) is 3.10. The molecule has 0 amide bonds. The molecule has 122 valence electrons. The van der Waals surface area contributed by atoms with Crippen molar-refractivity contribution in [2.24, 2.45) is 0 Å². The van der Waals surface area contributed by atoms with E-state index < -0.39 is 5.54 Å². The summed E-state index contributed by atoms with van der Waals surface area (Å²) in [6.07, 6.45) is 8.20. The Morgan fingerprint density at radius 1 is 1.29 bits per heavy atom. The van der Waals surface area contributed by atoms with Gasteiger partial charge in [0.2, 0.25) is 0 Å². The number of nitriles is 1. The van der Waals surface area contributed by atoms with E-state index in [9.17, 15) is 5.26 Å². The van der Waals surface area contributed by atoms with Crippen LogP contribution in [-0.2, 0) is 9.47 Å². The topological polar surface area (TPSA) is 54.3 Å². The third-order valence-corrected chi connectivity index (χ3v) is 4.19. The first-order valence-corrected chi connectivity index (χ1v) is 8.32. The molecule has 1 N–H and O–H groups in total. The number of hydrogen-bond donors (Lipinski definition) is 1. The molecule has 0 aromatic heterocycles. The van der Waals surface area contributed by atoms with Crippen molar-refractivity contribution in [1.29, 1.82) is 5.26 Å². The molecule has 1 saturated carbocycles. The number of methoxy groups -OCH3 is 1. The first kappa shape index (κ1) is 18.4. The van der Waals surface area contributed by atoms with Crippen molar-refractivity contribution in [3.05, 3.63) is 0 Å². The molecule has 0 spiro atoms. The van der Waals surface area contributed by atoms with Gasteiger partial charge in [-0.1, -0.05) is 0 Å². The first-order chi connectivity index (χ1) is 9.99. The van der Waals surface area contributed by atoms with Crippen LogP contribution in [0.2, 0.25) is 0 Å². The maximum Gasteiger partial charge on any atom is 0.104 e. The molecule has 1 rings (SSSR count). The van der Waals surface area contributed by atoms with Gasteiger partial charge in [0.05, 0.1) is 18.3 Å². The van der Waals surface area contributed by atoms with Gasteiger partial charge in [-0.15, -0.1) is 0 Å². The second-order valence-corrected chi connectivity index (χ2v) is 6.72. The molecule has 0 saturated heterocycles. The Balaban J connectivity index is 2.15. The highest BCUT2D eigenvalue weighted by atomic mass is 16.5. The highest BCUT2D eigenvalue weighted by Crippen LogP contribution is 2.23. The normalized spacial score (nSPS) is 25.5. The second kappa shape index (κ2) is 9.40. The fraction of sp³-hybridized carbons (Fsp3) is 0.941. The Morgan fingerprint density at radius 2 is 2.00 bits per heavy atom. The Hall–Kier alpha value is -0.630. The average Bonchev–Trinajstić information content (AvgIpc) is 2.46. The highest BCUT2D eigenvalue weighted by Gasteiger charge is 2.24. The van der Waals surface area contributed by atoms with Crippen molar-refractivity contribution in [2.75, 3.05) is 13.7 Å². The van der Waals surface area contributed by atoms with Crippen molar-refractivity contribution in [2.45, 2.75) is 89.5 Å². The van der Waals surface area contributed by atoms with E-state index in [0.29, 0.717) is 18.2 Å². The lowest BCUT2D eigenvalue weighted by Gasteiger charge is -2.28. The lowest BCUT2D eigenvalue weighted by molar-refractivity contribution is -0.0304. The van der Waals surface area contributed by atoms with Crippen molar-refractivity contribution >= 4 is 0 Å². The van der Waals surface area contributed by atoms with Gasteiger partial charge in [-0.25, -0.2) is 0 Å². The maximum absolute atomic E-state index is 9.29. The van der Waals surface area contributed by atoms with Gasteiger partial charge in [0, 0.05) is 19.8 Å². The zero-order chi connectivity index (χ0) is 15.7. The Morgan fingerprint density at radius 3 is 2.62 bits per heavy atom. The van der Waals surface area contributed by atoms with E-state index in [2.05, 4.69) is 25.2 Å². The minimum absolute atomic E-state index is 0.333. The summed E-state index contributed by atoms with van der Waals surface area (Å²) in [6, 6.07) is 2.73. The third kappa shape index (κ3) is 7.26. The van der Waals surface area contributed by atoms with Gasteiger partial charge in [0.25, 0.3) is 0 Å². The molecule has 0 heterocycles. The summed E-state index contributed by atoms with van der Waals surface area (Å²) in [6.45, 7) is 6.93. The fourth-order valence-corrected chi connectivity index (χ4v) is 3.10. The van der Waals surface area contributed by atoms with Gasteiger partial charge in [-0.2, -0.15) is 5.26 Å². The molecule has 3 unspecified atom stereocenters. The van der Waals surface area contributed by atoms with E-state index in [4.69, 9.17) is 9.47 Å². The number of unbranched alkanes of at least 4 members (excludes halogenated alkanes) is 1. The molecule has 3 atom stereocenters. The van der Waals surface area contributed by atoms with Crippen molar-refractivity contribution < 1.29 is 9.47 Å². The SMILES string of the molecule is COC1CCCC(OCCCCC(C)(C#N)NC(C)C)C1. The minimum Gasteiger partial charge on any atom is -0.381 e. The van der Waals surface area contributed by atoms with Crippen LogP contribution in [0.25, 0.3) is 0 Å². The van der Waals surface area contributed by atoms with Gasteiger partial charge >= 0.3 is 0 Å². The molecular formula is C17H32N2O2. The van der Waals surface area contributed by atoms with Crippen LogP contribution < -0.4 is 5.32 Å². The largest absolute Gasteiger partial charge is 0.381 e. The summed E-state index contributed by atoms with van der Waals surface area (Å²) >= 11 is 0. The first-order valence-electron chi connectivity index (χ1n) is 8.32. The van der Waals surface area contributed by atoms with Crippen LogP contribution in [0.4, 0.5) is 0 Å². The van der Waals surface area contributed by atoms with E-state index in [-0.39, 0.29) is 0 Å². The molecule has 0 bridgehead atoms. The van der Waals surface area contributed by atoms with Crippen molar-refractivity contribution in [3.63, 3.8) is 0 Å². The zero-order valence-corrected chi connectivity index (χ0v) is 14.2. The van der Waals surface area contributed by atoms with E-state index in [1.165, 1.54) is 6.42 Å². The third-order valence-electron chi connectivity index (χ3n) is 4.19. The standard InChI is InChI=1S/C17H32N2O2/c1-14(2)19-17(3,13-18)10-5-6-11-21-16-9-7-8-15(12-16)20-4/h14-16,19H,5-12H2,1-4H3. The molecular weight excluding hydrogens is 264 g/mol. The maximum atomic E-state index is 9.29. The summed E-state index contributed by atoms with van der Waals surface area (Å²) in [5.74, 6) is 0. The van der Waals surface area contributed by atoms with Gasteiger partial charge in [0.1, 0.15) is 5.54 Å². The molecule has 1 aliphatic carbocycles. The Labute approximate surface area is 130 Å². The Kier molecular flexibility index (Phi) is 8.24. The number of nitrogens with one attached hydrogen (secondary N) is 1. The highest BCUT2D eigenvalue weighted by molar-refractivity contribution is 5.04. The molecule has 0 aromatic carbocycles. The van der Waals surface area contributed by atoms with Gasteiger partial charge in [-0.3, -0.25) is 5.32 Å². The molecule has 0 aromatic rings. The molecule has 4 nitrogen and oxygen atoms in total. The molecule has 21 heavy (non-hydrogen) atoms. The van der Waals surface area contributed by atoms with E-state index in [0.717, 1.165) is 45.1 Å². The number of hydrogen-bond acceptors (Lipinski definition) is 4. The van der Waals surface area contributed by atoms with Crippen LogP contribution in [0.3, 0.4) is 0 Å². The van der Waals surface area contributed by atoms with Crippen LogP contribution >= 0.6 is 0 Å². The Bertz CT molecular complexity index is 327. The quantitative estimate of drug-likeness (QED) is 0.662. The van der Waals surface area contributed by atoms with Crippen LogP contribution in [0.5, 0.6) is 0 Å². The lowest BCUT2D eigenvalue weighted by atomic mass is 9.94. The molecule has 1 aliphatic rings. The summed E-state index contributed by atoms with van der Waals surface area (Å²) in [7, 11) is 1.79. The summed E-state index contributed by atoms with van der Waals surface area (Å²) in [4.78, 5) is 0. The van der Waals surface area contributed by atoms with E-state index in [1.54, 1.807) is 7.11 Å². The zero-order valence-electron chi connectivity index (χ0n) is 14.2. The molecule has 4 heteroatoms. The van der Waals surface area contributed by atoms with Gasteiger partial charge < -0.3 is 9.47 Å². The number of ether oxygens (including phenoxy) is 2. The molecule has 0 aliphatic heterocycles. The number of rotatable bonds is 9. The van der Waals surface area contributed by atoms with Gasteiger partial charge in [0.15, 0.2) is 0 Å². The van der Waals surface area contributed by atoms with Crippen LogP contribution in [0.1, 0.15) is 65.7 Å². The van der Waals surface area contributed by atoms with Gasteiger partial charge in [-0.05, 0) is 65.7 Å². The summed E-state index contributed by atoms with van der Waals surface area (Å²) < 4.78 is 11.4. The van der Waals surface area contributed by atoms with E-state index >= 15 is 0 Å². The lowest BCUT2D eigenvalue weighted by Crippen LogP contribution is -2.44. The van der Waals surface area contributed by atoms with Crippen LogP contribution in [0, 0.1) is 11.3 Å². The molecule has 0 radical (unpaired) electrons. The second-order valence-electron chi connectivity index (χ2n) is 6.72. The minimum atomic E-state index is -0.417. The predicted octanol–water partition coefficient (Wildman–Crippen LogP) is 3.41. The summed E-state index contributed by atoms with van der Waals surface area (Å²) in [5, 5.41) is 12.6. The average molecular weight is 296 g/mol. The van der Waals surface area contributed by atoms with Crippen LogP contribution in [0.15, 0.2) is 0 Å². The monoisotopic (exact) mass is 296 g/mol. The van der Waals surface area contributed by atoms with E-state index in [1.807, 2.05) is 6.92 Å². The van der Waals surface area contributed by atoms with Crippen LogP contribution in [-0.4, -0.2) is 37.5 Å². The summed E-state index contributed by atoms with van der Waals surface area (Å²) in [5.41, 5.74) is -0.417. The van der Waals surface area contributed by atoms with Crippen molar-refractivity contribution in [1.82, 2.24) is 5.32 Å². The number of nitrogens with zero attached hydrogens (tertiary/aromatic N) is 1. The smallest absolute Gasteiger partial charge is 0.104 e. The van der Waals surface area contributed by atoms with Crippen molar-refractivity contribution in [3.8, 4) is 6.07 Å². The predicted molar refractivity (Wildman–Crippen MR) is 85.1 cm³/mol. The molecule has 1 fully saturated rings.